The third-order valence-corrected chi connectivity index (χ3v) is 2.81. The molecule has 0 unspecified atom stereocenters. The molecule has 18 heavy (non-hydrogen) atoms. The fourth-order valence-corrected chi connectivity index (χ4v) is 1.88. The Hall–Kier alpha value is -1.62. The van der Waals surface area contributed by atoms with Crippen LogP contribution in [0.4, 0.5) is 0 Å². The number of nitrogens with zero attached hydrogens (tertiary/aromatic N) is 3. The smallest absolute Gasteiger partial charge is 0.0729 e. The monoisotopic (exact) mass is 247 g/mol. The Kier molecular flexibility index (Phi) is 3.26. The standard InChI is InChI=1S/C13H21N5/c1-9-11(8-18(5)17-9)12-10(7-15-16-12)6-14-13(2,3)4/h7-8,14H,6H2,1-5H3,(H,15,16). The summed E-state index contributed by atoms with van der Waals surface area (Å²) in [5, 5.41) is 15.1. The second-order valence-corrected chi connectivity index (χ2v) is 5.68. The summed E-state index contributed by atoms with van der Waals surface area (Å²) in [4.78, 5) is 0. The van der Waals surface area contributed by atoms with Crippen LogP contribution in [0.3, 0.4) is 0 Å². The van der Waals surface area contributed by atoms with Gasteiger partial charge in [-0.3, -0.25) is 9.78 Å². The fourth-order valence-electron chi connectivity index (χ4n) is 1.88. The largest absolute Gasteiger partial charge is 0.308 e. The predicted octanol–water partition coefficient (Wildman–Crippen LogP) is 2.01. The van der Waals surface area contributed by atoms with Crippen molar-refractivity contribution in [2.75, 3.05) is 0 Å². The van der Waals surface area contributed by atoms with Crippen LogP contribution in [0, 0.1) is 6.92 Å². The molecule has 0 radical (unpaired) electrons. The highest BCUT2D eigenvalue weighted by molar-refractivity contribution is 5.64. The lowest BCUT2D eigenvalue weighted by molar-refractivity contribution is 0.424. The van der Waals surface area contributed by atoms with Crippen LogP contribution in [-0.4, -0.2) is 25.5 Å². The Morgan fingerprint density at radius 1 is 1.39 bits per heavy atom. The molecule has 98 valence electrons. The van der Waals surface area contributed by atoms with Gasteiger partial charge in [0.1, 0.15) is 0 Å². The van der Waals surface area contributed by atoms with Crippen LogP contribution >= 0.6 is 0 Å². The summed E-state index contributed by atoms with van der Waals surface area (Å²) in [5.74, 6) is 0. The van der Waals surface area contributed by atoms with Gasteiger partial charge in [-0.05, 0) is 27.7 Å². The molecule has 0 bridgehead atoms. The molecule has 0 aliphatic heterocycles. The van der Waals surface area contributed by atoms with Gasteiger partial charge in [-0.15, -0.1) is 0 Å². The van der Waals surface area contributed by atoms with Gasteiger partial charge < -0.3 is 5.32 Å². The lowest BCUT2D eigenvalue weighted by Gasteiger charge is -2.20. The van der Waals surface area contributed by atoms with Gasteiger partial charge in [-0.1, -0.05) is 0 Å². The first-order chi connectivity index (χ1) is 8.37. The Balaban J connectivity index is 2.25. The maximum atomic E-state index is 4.37. The van der Waals surface area contributed by atoms with E-state index in [4.69, 9.17) is 0 Å². The molecule has 5 nitrogen and oxygen atoms in total. The molecule has 2 aromatic rings. The second kappa shape index (κ2) is 4.57. The average molecular weight is 247 g/mol. The summed E-state index contributed by atoms with van der Waals surface area (Å²) in [6.45, 7) is 9.27. The molecule has 5 heteroatoms. The Morgan fingerprint density at radius 2 is 2.11 bits per heavy atom. The van der Waals surface area contributed by atoms with Crippen LogP contribution in [0.25, 0.3) is 11.3 Å². The minimum atomic E-state index is 0.0958. The molecule has 0 fully saturated rings. The molecule has 2 rings (SSSR count). The van der Waals surface area contributed by atoms with Crippen LogP contribution in [0.1, 0.15) is 32.0 Å². The highest BCUT2D eigenvalue weighted by Gasteiger charge is 2.15. The van der Waals surface area contributed by atoms with Crippen molar-refractivity contribution in [3.8, 4) is 11.3 Å². The van der Waals surface area contributed by atoms with Crippen molar-refractivity contribution < 1.29 is 0 Å². The van der Waals surface area contributed by atoms with Crippen LogP contribution in [0.5, 0.6) is 0 Å². The maximum absolute atomic E-state index is 4.37. The fraction of sp³-hybridized carbons (Fsp3) is 0.538. The van der Waals surface area contributed by atoms with Crippen molar-refractivity contribution in [1.82, 2.24) is 25.3 Å². The second-order valence-electron chi connectivity index (χ2n) is 5.68. The van der Waals surface area contributed by atoms with Crippen molar-refractivity contribution in [3.05, 3.63) is 23.7 Å². The lowest BCUT2D eigenvalue weighted by Crippen LogP contribution is -2.35. The molecule has 0 atom stereocenters. The van der Waals surface area contributed by atoms with E-state index in [1.807, 2.05) is 31.0 Å². The van der Waals surface area contributed by atoms with Gasteiger partial charge in [0.2, 0.25) is 0 Å². The highest BCUT2D eigenvalue weighted by Crippen LogP contribution is 2.23. The summed E-state index contributed by atoms with van der Waals surface area (Å²) in [7, 11) is 1.93. The molecule has 0 amide bonds. The van der Waals surface area contributed by atoms with Crippen LogP contribution in [-0.2, 0) is 13.6 Å². The van der Waals surface area contributed by atoms with Crippen LogP contribution in [0.2, 0.25) is 0 Å². The average Bonchev–Trinajstić information content (AvgIpc) is 2.80. The van der Waals surface area contributed by atoms with E-state index < -0.39 is 0 Å². The van der Waals surface area contributed by atoms with Gasteiger partial charge >= 0.3 is 0 Å². The molecule has 2 aromatic heterocycles. The number of aromatic nitrogens is 4. The first kappa shape index (κ1) is 12.8. The Labute approximate surface area is 108 Å². The lowest BCUT2D eigenvalue weighted by atomic mass is 10.1. The van der Waals surface area contributed by atoms with Crippen molar-refractivity contribution in [3.63, 3.8) is 0 Å². The zero-order chi connectivity index (χ0) is 13.3. The van der Waals surface area contributed by atoms with Crippen LogP contribution in [0.15, 0.2) is 12.4 Å². The maximum Gasteiger partial charge on any atom is 0.0729 e. The third-order valence-electron chi connectivity index (χ3n) is 2.81. The summed E-state index contributed by atoms with van der Waals surface area (Å²) >= 11 is 0. The van der Waals surface area contributed by atoms with Crippen molar-refractivity contribution in [2.45, 2.75) is 39.8 Å². The quantitative estimate of drug-likeness (QED) is 0.872. The summed E-state index contributed by atoms with van der Waals surface area (Å²) in [6, 6.07) is 0. The number of aromatic amines is 1. The van der Waals surface area contributed by atoms with Gasteiger partial charge in [-0.2, -0.15) is 10.2 Å². The number of hydrogen-bond donors (Lipinski definition) is 2. The molecule has 0 aliphatic carbocycles. The predicted molar refractivity (Wildman–Crippen MR) is 72.1 cm³/mol. The molecule has 0 saturated carbocycles. The summed E-state index contributed by atoms with van der Waals surface area (Å²) in [6.07, 6.45) is 3.89. The van der Waals surface area contributed by atoms with Crippen LogP contribution < -0.4 is 5.32 Å². The first-order valence-corrected chi connectivity index (χ1v) is 6.15. The SMILES string of the molecule is Cc1nn(C)cc1-c1[nH]ncc1CNC(C)(C)C. The van der Waals surface area contributed by atoms with Crippen molar-refractivity contribution >= 4 is 0 Å². The van der Waals surface area contributed by atoms with E-state index in [0.29, 0.717) is 0 Å². The zero-order valence-electron chi connectivity index (χ0n) is 11.7. The van der Waals surface area contributed by atoms with Crippen molar-refractivity contribution in [2.24, 2.45) is 7.05 Å². The minimum absolute atomic E-state index is 0.0958. The normalized spacial score (nSPS) is 12.1. The van der Waals surface area contributed by atoms with E-state index in [0.717, 1.165) is 23.5 Å². The van der Waals surface area contributed by atoms with E-state index in [1.165, 1.54) is 5.56 Å². The van der Waals surface area contributed by atoms with Gasteiger partial charge in [0.05, 0.1) is 17.6 Å². The van der Waals surface area contributed by atoms with Gasteiger partial charge in [-0.25, -0.2) is 0 Å². The minimum Gasteiger partial charge on any atom is -0.308 e. The molecular weight excluding hydrogens is 226 g/mol. The molecule has 2 N–H and O–H groups in total. The Bertz CT molecular complexity index is 530. The van der Waals surface area contributed by atoms with E-state index >= 15 is 0 Å². The van der Waals surface area contributed by atoms with Gasteiger partial charge in [0.25, 0.3) is 0 Å². The molecular formula is C13H21N5. The number of H-pyrrole nitrogens is 1. The van der Waals surface area contributed by atoms with Gasteiger partial charge in [0, 0.05) is 36.5 Å². The summed E-state index contributed by atoms with van der Waals surface area (Å²) in [5.41, 5.74) is 4.44. The number of nitrogens with one attached hydrogen (secondary N) is 2. The topological polar surface area (TPSA) is 58.5 Å². The highest BCUT2D eigenvalue weighted by atomic mass is 15.3. The van der Waals surface area contributed by atoms with E-state index in [1.54, 1.807) is 0 Å². The van der Waals surface area contributed by atoms with E-state index in [-0.39, 0.29) is 5.54 Å². The van der Waals surface area contributed by atoms with E-state index in [9.17, 15) is 0 Å². The van der Waals surface area contributed by atoms with E-state index in [2.05, 4.69) is 41.4 Å². The molecule has 0 aliphatic rings. The first-order valence-electron chi connectivity index (χ1n) is 6.15. The number of aryl methyl sites for hydroxylation is 2. The summed E-state index contributed by atoms with van der Waals surface area (Å²) < 4.78 is 1.83. The number of hydrogen-bond acceptors (Lipinski definition) is 3. The van der Waals surface area contributed by atoms with Gasteiger partial charge in [0.15, 0.2) is 0 Å². The Morgan fingerprint density at radius 3 is 2.67 bits per heavy atom. The molecule has 0 saturated heterocycles. The molecule has 0 spiro atoms. The molecule has 0 aromatic carbocycles. The molecule has 2 heterocycles. The van der Waals surface area contributed by atoms with Crippen molar-refractivity contribution in [1.29, 1.82) is 0 Å². The zero-order valence-corrected chi connectivity index (χ0v) is 11.7. The number of rotatable bonds is 3. The third kappa shape index (κ3) is 2.79.